The molecule has 0 N–H and O–H groups in total. The SMILES string of the molecule is C.C#CC#C. The molecule has 0 atom stereocenters. The Morgan fingerprint density at radius 3 is 1.20 bits per heavy atom. The molecule has 0 aliphatic rings. The molecule has 0 unspecified atom stereocenters. The second-order valence-corrected chi connectivity index (χ2v) is 0.289. The summed E-state index contributed by atoms with van der Waals surface area (Å²) >= 11 is 0. The third-order valence-corrected chi connectivity index (χ3v) is 0.0833. The van der Waals surface area contributed by atoms with Crippen molar-refractivity contribution >= 4 is 0 Å². The second-order valence-electron chi connectivity index (χ2n) is 0.289. The van der Waals surface area contributed by atoms with Gasteiger partial charge in [-0.1, -0.05) is 7.43 Å². The van der Waals surface area contributed by atoms with E-state index in [1.807, 2.05) is 11.8 Å². The van der Waals surface area contributed by atoms with E-state index >= 15 is 0 Å². The molecule has 0 spiro atoms. The average molecular weight is 66.1 g/mol. The Bertz CT molecular complexity index is 55.0. The number of hydrogen-bond donors (Lipinski definition) is 0. The third-order valence-electron chi connectivity index (χ3n) is 0.0833. The van der Waals surface area contributed by atoms with Crippen molar-refractivity contribution < 1.29 is 0 Å². The van der Waals surface area contributed by atoms with Gasteiger partial charge in [-0.15, -0.1) is 12.8 Å². The lowest BCUT2D eigenvalue weighted by atomic mass is 10.7. The van der Waals surface area contributed by atoms with Gasteiger partial charge in [-0.05, 0) is 11.8 Å². The van der Waals surface area contributed by atoms with Crippen LogP contribution in [-0.4, -0.2) is 0 Å². The highest BCUT2D eigenvalue weighted by Gasteiger charge is 1.23. The summed E-state index contributed by atoms with van der Waals surface area (Å²) in [6.07, 6.45) is 9.08. The van der Waals surface area contributed by atoms with E-state index in [0.29, 0.717) is 0 Å². The molecule has 0 radical (unpaired) electrons. The van der Waals surface area contributed by atoms with Crippen LogP contribution in [0.1, 0.15) is 7.43 Å². The molecule has 0 saturated heterocycles. The molecule has 0 aliphatic heterocycles. The van der Waals surface area contributed by atoms with Crippen molar-refractivity contribution in [1.29, 1.82) is 0 Å². The fourth-order valence-corrected chi connectivity index (χ4v) is 0. The van der Waals surface area contributed by atoms with Crippen molar-refractivity contribution in [3.63, 3.8) is 0 Å². The van der Waals surface area contributed by atoms with Crippen LogP contribution in [0, 0.1) is 24.7 Å². The van der Waals surface area contributed by atoms with Crippen LogP contribution >= 0.6 is 0 Å². The van der Waals surface area contributed by atoms with Gasteiger partial charge in [0, 0.05) is 0 Å². The van der Waals surface area contributed by atoms with Crippen molar-refractivity contribution in [2.24, 2.45) is 0 Å². The van der Waals surface area contributed by atoms with Gasteiger partial charge in [0.05, 0.1) is 0 Å². The van der Waals surface area contributed by atoms with E-state index in [2.05, 4.69) is 12.8 Å². The number of rotatable bonds is 0. The maximum atomic E-state index is 4.54. The number of terminal acetylenes is 2. The minimum Gasteiger partial charge on any atom is -0.106 e. The predicted octanol–water partition coefficient (Wildman–Crippen LogP) is 0.889. The quantitative estimate of drug-likeness (QED) is 0.368. The zero-order valence-corrected chi connectivity index (χ0v) is 2.15. The van der Waals surface area contributed by atoms with Gasteiger partial charge in [0.15, 0.2) is 0 Å². The predicted molar refractivity (Wildman–Crippen MR) is 24.4 cm³/mol. The van der Waals surface area contributed by atoms with Crippen molar-refractivity contribution in [2.75, 3.05) is 0 Å². The van der Waals surface area contributed by atoms with Crippen LogP contribution in [0.25, 0.3) is 0 Å². The Kier molecular flexibility index (Phi) is 20.0. The van der Waals surface area contributed by atoms with E-state index in [-0.39, 0.29) is 7.43 Å². The molecule has 0 aliphatic carbocycles. The maximum Gasteiger partial charge on any atom is -0.0191 e. The monoisotopic (exact) mass is 66.0 g/mol. The molecular weight excluding hydrogens is 60.1 g/mol. The van der Waals surface area contributed by atoms with Crippen molar-refractivity contribution in [3.05, 3.63) is 0 Å². The summed E-state index contributed by atoms with van der Waals surface area (Å²) in [5.41, 5.74) is 0. The van der Waals surface area contributed by atoms with Crippen LogP contribution < -0.4 is 0 Å². The zero-order valence-electron chi connectivity index (χ0n) is 2.15. The van der Waals surface area contributed by atoms with Gasteiger partial charge in [-0.25, -0.2) is 0 Å². The standard InChI is InChI=1S/C4H2.CH4/c1-3-4-2;/h1-2H;1H4. The van der Waals surface area contributed by atoms with Crippen LogP contribution in [0.2, 0.25) is 0 Å². The molecule has 0 aromatic rings. The molecule has 0 aromatic carbocycles. The van der Waals surface area contributed by atoms with Gasteiger partial charge in [-0.2, -0.15) is 0 Å². The maximum absolute atomic E-state index is 4.54. The lowest BCUT2D eigenvalue weighted by molar-refractivity contribution is 2.50. The first kappa shape index (κ1) is 8.92. The molecule has 0 nitrogen and oxygen atoms in total. The topological polar surface area (TPSA) is 0 Å². The first-order valence-electron chi connectivity index (χ1n) is 0.827. The highest BCUT2D eigenvalue weighted by atomic mass is 13.3. The fourth-order valence-electron chi connectivity index (χ4n) is 0. The lowest BCUT2D eigenvalue weighted by Gasteiger charge is -1.30. The fraction of sp³-hybridized carbons (Fsp3) is 0.200. The number of hydrogen-bond acceptors (Lipinski definition) is 0. The molecule has 0 bridgehead atoms. The summed E-state index contributed by atoms with van der Waals surface area (Å²) in [6.45, 7) is 0. The van der Waals surface area contributed by atoms with E-state index in [1.54, 1.807) is 0 Å². The first-order valence-corrected chi connectivity index (χ1v) is 0.827. The molecule has 0 heterocycles. The van der Waals surface area contributed by atoms with Crippen LogP contribution in [0.5, 0.6) is 0 Å². The summed E-state index contributed by atoms with van der Waals surface area (Å²) in [7, 11) is 0. The van der Waals surface area contributed by atoms with Gasteiger partial charge < -0.3 is 0 Å². The Labute approximate surface area is 33.2 Å². The van der Waals surface area contributed by atoms with Gasteiger partial charge >= 0.3 is 0 Å². The molecule has 0 amide bonds. The highest BCUT2D eigenvalue weighted by molar-refractivity contribution is 5.15. The Balaban J connectivity index is 0. The average Bonchev–Trinajstić information content (AvgIpc) is 1.37. The summed E-state index contributed by atoms with van der Waals surface area (Å²) in [5.74, 6) is 3.92. The largest absolute Gasteiger partial charge is 0.106 e. The Morgan fingerprint density at radius 1 is 1.00 bits per heavy atom. The van der Waals surface area contributed by atoms with Crippen LogP contribution in [0.3, 0.4) is 0 Å². The molecule has 0 rings (SSSR count). The first-order chi connectivity index (χ1) is 1.91. The van der Waals surface area contributed by atoms with E-state index in [0.717, 1.165) is 0 Å². The third kappa shape index (κ3) is 272. The smallest absolute Gasteiger partial charge is 0.0191 e. The molecule has 0 heteroatoms. The minimum atomic E-state index is 0. The van der Waals surface area contributed by atoms with Gasteiger partial charge in [0.25, 0.3) is 0 Å². The van der Waals surface area contributed by atoms with Crippen molar-refractivity contribution in [2.45, 2.75) is 7.43 Å². The van der Waals surface area contributed by atoms with Crippen LogP contribution in [-0.2, 0) is 0 Å². The van der Waals surface area contributed by atoms with Crippen molar-refractivity contribution in [3.8, 4) is 24.7 Å². The zero-order chi connectivity index (χ0) is 3.41. The molecular formula is C5H6. The van der Waals surface area contributed by atoms with E-state index in [9.17, 15) is 0 Å². The van der Waals surface area contributed by atoms with Gasteiger partial charge in [-0.3, -0.25) is 0 Å². The molecule has 0 saturated carbocycles. The van der Waals surface area contributed by atoms with Crippen LogP contribution in [0.15, 0.2) is 0 Å². The van der Waals surface area contributed by atoms with Gasteiger partial charge in [0.2, 0.25) is 0 Å². The minimum absolute atomic E-state index is 0. The molecule has 0 aromatic heterocycles. The molecule has 26 valence electrons. The van der Waals surface area contributed by atoms with E-state index in [4.69, 9.17) is 0 Å². The Morgan fingerprint density at radius 2 is 1.20 bits per heavy atom. The summed E-state index contributed by atoms with van der Waals surface area (Å²) in [6, 6.07) is 0. The summed E-state index contributed by atoms with van der Waals surface area (Å²) < 4.78 is 0. The Hall–Kier alpha value is -0.880. The normalized spacial score (nSPS) is 2.00. The summed E-state index contributed by atoms with van der Waals surface area (Å²) in [4.78, 5) is 0. The van der Waals surface area contributed by atoms with Crippen LogP contribution in [0.4, 0.5) is 0 Å². The summed E-state index contributed by atoms with van der Waals surface area (Å²) in [5, 5.41) is 0. The lowest BCUT2D eigenvalue weighted by Crippen LogP contribution is -1.26. The van der Waals surface area contributed by atoms with E-state index < -0.39 is 0 Å². The second kappa shape index (κ2) is 11.2. The van der Waals surface area contributed by atoms with Crippen molar-refractivity contribution in [1.82, 2.24) is 0 Å². The van der Waals surface area contributed by atoms with E-state index in [1.165, 1.54) is 0 Å². The highest BCUT2D eigenvalue weighted by Crippen LogP contribution is 1.27. The molecule has 5 heavy (non-hydrogen) atoms. The van der Waals surface area contributed by atoms with Gasteiger partial charge in [0.1, 0.15) is 0 Å². The molecule has 0 fully saturated rings.